The molecule has 1 aliphatic rings. The summed E-state index contributed by atoms with van der Waals surface area (Å²) in [6.45, 7) is 0.748. The number of hydrogen-bond donors (Lipinski definition) is 3. The molecule has 2 unspecified atom stereocenters. The molecule has 0 saturated carbocycles. The molecule has 0 fully saturated rings. The average Bonchev–Trinajstić information content (AvgIpc) is 2.84. The minimum Gasteiger partial charge on any atom is -0.394 e. The van der Waals surface area contributed by atoms with Crippen molar-refractivity contribution in [2.45, 2.75) is 37.9 Å². The second kappa shape index (κ2) is 6.83. The summed E-state index contributed by atoms with van der Waals surface area (Å²) in [5.41, 5.74) is 7.85. The molecule has 1 aliphatic carbocycles. The predicted molar refractivity (Wildman–Crippen MR) is 73.0 cm³/mol. The molecule has 7 heteroatoms. The molecule has 2 atom stereocenters. The lowest BCUT2D eigenvalue weighted by molar-refractivity contribution is -0.124. The van der Waals surface area contributed by atoms with Crippen LogP contribution < -0.4 is 11.1 Å². The van der Waals surface area contributed by atoms with Crippen LogP contribution in [0.25, 0.3) is 0 Å². The number of aromatic nitrogens is 2. The highest BCUT2D eigenvalue weighted by Crippen LogP contribution is 2.29. The Labute approximate surface area is 118 Å². The molecule has 0 saturated heterocycles. The van der Waals surface area contributed by atoms with Gasteiger partial charge in [-0.15, -0.1) is 0 Å². The number of aliphatic hydroxyl groups is 1. The van der Waals surface area contributed by atoms with Crippen molar-refractivity contribution in [3.63, 3.8) is 0 Å². The van der Waals surface area contributed by atoms with Crippen molar-refractivity contribution in [1.29, 1.82) is 0 Å². The van der Waals surface area contributed by atoms with E-state index in [0.29, 0.717) is 6.54 Å². The first kappa shape index (κ1) is 15.0. The summed E-state index contributed by atoms with van der Waals surface area (Å²) in [4.78, 5) is 12.0. The van der Waals surface area contributed by atoms with Gasteiger partial charge in [0.1, 0.15) is 6.04 Å². The normalized spacial score (nSPS) is 19.4. The van der Waals surface area contributed by atoms with E-state index >= 15 is 0 Å². The highest BCUT2D eigenvalue weighted by Gasteiger charge is 2.26. The van der Waals surface area contributed by atoms with E-state index in [9.17, 15) is 4.79 Å². The number of methoxy groups -OCH3 is 1. The Morgan fingerprint density at radius 1 is 1.75 bits per heavy atom. The van der Waals surface area contributed by atoms with E-state index in [1.807, 2.05) is 4.68 Å². The number of ether oxygens (including phenoxy) is 1. The zero-order chi connectivity index (χ0) is 14.5. The molecule has 2 rings (SSSR count). The van der Waals surface area contributed by atoms with E-state index < -0.39 is 6.04 Å². The van der Waals surface area contributed by atoms with Crippen LogP contribution in [0.2, 0.25) is 0 Å². The van der Waals surface area contributed by atoms with E-state index in [1.54, 1.807) is 6.20 Å². The smallest absolute Gasteiger partial charge is 0.239 e. The summed E-state index contributed by atoms with van der Waals surface area (Å²) < 4.78 is 6.70. The van der Waals surface area contributed by atoms with Gasteiger partial charge in [-0.05, 0) is 19.3 Å². The highest BCUT2D eigenvalue weighted by atomic mass is 16.5. The number of nitrogens with zero attached hydrogens (tertiary/aromatic N) is 2. The van der Waals surface area contributed by atoms with E-state index in [2.05, 4.69) is 10.4 Å². The third kappa shape index (κ3) is 3.17. The zero-order valence-corrected chi connectivity index (χ0v) is 11.7. The third-order valence-corrected chi connectivity index (χ3v) is 3.57. The molecule has 0 bridgehead atoms. The number of fused-ring (bicyclic) bond motifs is 1. The van der Waals surface area contributed by atoms with Gasteiger partial charge in [0.05, 0.1) is 32.0 Å². The lowest BCUT2D eigenvalue weighted by atomic mass is 9.92. The van der Waals surface area contributed by atoms with Gasteiger partial charge in [0.25, 0.3) is 0 Å². The summed E-state index contributed by atoms with van der Waals surface area (Å²) >= 11 is 0. The zero-order valence-electron chi connectivity index (χ0n) is 11.7. The third-order valence-electron chi connectivity index (χ3n) is 3.57. The number of nitrogens with one attached hydrogen (secondary N) is 1. The second-order valence-electron chi connectivity index (χ2n) is 5.01. The first-order chi connectivity index (χ1) is 9.67. The largest absolute Gasteiger partial charge is 0.394 e. The lowest BCUT2D eigenvalue weighted by Crippen LogP contribution is -2.45. The van der Waals surface area contributed by atoms with Gasteiger partial charge in [-0.1, -0.05) is 0 Å². The van der Waals surface area contributed by atoms with Gasteiger partial charge in [0.15, 0.2) is 0 Å². The van der Waals surface area contributed by atoms with Gasteiger partial charge in [-0.25, -0.2) is 0 Å². The quantitative estimate of drug-likeness (QED) is 0.643. The van der Waals surface area contributed by atoms with Crippen molar-refractivity contribution in [3.8, 4) is 0 Å². The molecule has 0 spiro atoms. The first-order valence-corrected chi connectivity index (χ1v) is 6.87. The van der Waals surface area contributed by atoms with Crippen LogP contribution in [0, 0.1) is 0 Å². The molecule has 112 valence electrons. The number of carbonyl (C=O) groups is 1. The minimum atomic E-state index is -0.655. The monoisotopic (exact) mass is 282 g/mol. The fourth-order valence-electron chi connectivity index (χ4n) is 2.59. The Morgan fingerprint density at radius 2 is 2.55 bits per heavy atom. The molecule has 0 radical (unpaired) electrons. The maximum atomic E-state index is 12.0. The SMILES string of the molecule is COCC(N)C(=O)NC1CCCc2c1cnn2CCO. The molecular weight excluding hydrogens is 260 g/mol. The lowest BCUT2D eigenvalue weighted by Gasteiger charge is -2.25. The Kier molecular flexibility index (Phi) is 5.11. The number of carbonyl (C=O) groups excluding carboxylic acids is 1. The first-order valence-electron chi connectivity index (χ1n) is 6.87. The van der Waals surface area contributed by atoms with Crippen molar-refractivity contribution in [2.75, 3.05) is 20.3 Å². The molecule has 1 aromatic rings. The van der Waals surface area contributed by atoms with E-state index in [0.717, 1.165) is 30.5 Å². The van der Waals surface area contributed by atoms with Crippen molar-refractivity contribution in [3.05, 3.63) is 17.5 Å². The van der Waals surface area contributed by atoms with Crippen LogP contribution in [-0.2, 0) is 22.5 Å². The number of rotatable bonds is 6. The van der Waals surface area contributed by atoms with Gasteiger partial charge in [0.2, 0.25) is 5.91 Å². The summed E-state index contributed by atoms with van der Waals surface area (Å²) in [6, 6.07) is -0.709. The van der Waals surface area contributed by atoms with Gasteiger partial charge in [-0.2, -0.15) is 5.10 Å². The van der Waals surface area contributed by atoms with E-state index in [1.165, 1.54) is 7.11 Å². The summed E-state index contributed by atoms with van der Waals surface area (Å²) in [5, 5.41) is 16.3. The van der Waals surface area contributed by atoms with Gasteiger partial charge in [-0.3, -0.25) is 9.48 Å². The van der Waals surface area contributed by atoms with Gasteiger partial charge >= 0.3 is 0 Å². The molecule has 1 amide bonds. The molecule has 4 N–H and O–H groups in total. The predicted octanol–water partition coefficient (Wildman–Crippen LogP) is -0.657. The number of amides is 1. The van der Waals surface area contributed by atoms with Crippen LogP contribution in [0.5, 0.6) is 0 Å². The Morgan fingerprint density at radius 3 is 3.25 bits per heavy atom. The van der Waals surface area contributed by atoms with Crippen molar-refractivity contribution < 1.29 is 14.6 Å². The highest BCUT2D eigenvalue weighted by molar-refractivity contribution is 5.82. The molecular formula is C13H22N4O3. The molecule has 0 aromatic carbocycles. The van der Waals surface area contributed by atoms with Gasteiger partial charge in [0, 0.05) is 18.4 Å². The van der Waals surface area contributed by atoms with Crippen molar-refractivity contribution in [1.82, 2.24) is 15.1 Å². The topological polar surface area (TPSA) is 102 Å². The van der Waals surface area contributed by atoms with Crippen LogP contribution >= 0.6 is 0 Å². The number of hydrogen-bond acceptors (Lipinski definition) is 5. The molecule has 1 heterocycles. The van der Waals surface area contributed by atoms with Crippen LogP contribution in [0.3, 0.4) is 0 Å². The Hall–Kier alpha value is -1.44. The van der Waals surface area contributed by atoms with E-state index in [4.69, 9.17) is 15.6 Å². The molecule has 0 aliphatic heterocycles. The van der Waals surface area contributed by atoms with Crippen molar-refractivity contribution in [2.24, 2.45) is 5.73 Å². The average molecular weight is 282 g/mol. The molecule has 20 heavy (non-hydrogen) atoms. The standard InChI is InChI=1S/C13H22N4O3/c1-20-8-10(14)13(19)16-11-3-2-4-12-9(11)7-15-17(12)5-6-18/h7,10-11,18H,2-6,8,14H2,1H3,(H,16,19). The Bertz CT molecular complexity index is 460. The summed E-state index contributed by atoms with van der Waals surface area (Å²) in [5.74, 6) is -0.209. The van der Waals surface area contributed by atoms with Crippen molar-refractivity contribution >= 4 is 5.91 Å². The van der Waals surface area contributed by atoms with Crippen LogP contribution in [0.4, 0.5) is 0 Å². The van der Waals surface area contributed by atoms with Crippen LogP contribution in [0.15, 0.2) is 6.20 Å². The molecule has 7 nitrogen and oxygen atoms in total. The Balaban J connectivity index is 2.07. The fourth-order valence-corrected chi connectivity index (χ4v) is 2.59. The maximum Gasteiger partial charge on any atom is 0.239 e. The minimum absolute atomic E-state index is 0.0541. The van der Waals surface area contributed by atoms with Crippen LogP contribution in [0.1, 0.15) is 30.1 Å². The second-order valence-corrected chi connectivity index (χ2v) is 5.01. The maximum absolute atomic E-state index is 12.0. The number of nitrogens with two attached hydrogens (primary N) is 1. The summed E-state index contributed by atoms with van der Waals surface area (Å²) in [7, 11) is 1.52. The van der Waals surface area contributed by atoms with Crippen LogP contribution in [-0.4, -0.2) is 47.2 Å². The van der Waals surface area contributed by atoms with Gasteiger partial charge < -0.3 is 20.9 Å². The fraction of sp³-hybridized carbons (Fsp3) is 0.692. The summed E-state index contributed by atoms with van der Waals surface area (Å²) in [6.07, 6.45) is 4.56. The van der Waals surface area contributed by atoms with E-state index in [-0.39, 0.29) is 25.2 Å². The molecule has 1 aromatic heterocycles. The number of aliphatic hydroxyl groups excluding tert-OH is 1.